The number of nitrogens with one attached hydrogen (secondary N) is 3. The predicted octanol–water partition coefficient (Wildman–Crippen LogP) is 1.60. The summed E-state index contributed by atoms with van der Waals surface area (Å²) >= 11 is 0. The molecule has 15 heteroatoms. The number of primary amides is 1. The summed E-state index contributed by atoms with van der Waals surface area (Å²) in [5.74, 6) is -2.77. The van der Waals surface area contributed by atoms with Crippen molar-refractivity contribution in [3.63, 3.8) is 0 Å². The van der Waals surface area contributed by atoms with Gasteiger partial charge in [0.15, 0.2) is 0 Å². The van der Waals surface area contributed by atoms with Gasteiger partial charge in [-0.15, -0.1) is 0 Å². The molecular formula is C34H59N7O7S. The molecule has 4 fully saturated rings. The Kier molecular flexibility index (Phi) is 10.9. The molecular weight excluding hydrogens is 650 g/mol. The quantitative estimate of drug-likeness (QED) is 0.221. The highest BCUT2D eigenvalue weighted by atomic mass is 32.2. The molecule has 0 spiro atoms. The number of nitrogens with two attached hydrogens (primary N) is 1. The summed E-state index contributed by atoms with van der Waals surface area (Å²) in [4.78, 5) is 68.2. The highest BCUT2D eigenvalue weighted by Gasteiger charge is 2.70. The SMILES string of the molecule is CC(C)N1CCN(C[C@@H](NC(=O)N[C@H](C(=O)N2C[C@H]3[C@@H]([C@H]2C(=O)NC(CC2CCC2)C(=O)C(N)=O)C3(C)C)C(C)(C)C)C(C)(C)C)S1(=O)=O. The average Bonchev–Trinajstić information content (AvgIpc) is 3.23. The first-order valence-electron chi connectivity index (χ1n) is 17.7. The number of amides is 5. The number of carbonyl (C=O) groups excluding carboxylic acids is 5. The topological polar surface area (TPSA) is 191 Å². The van der Waals surface area contributed by atoms with Crippen LogP contribution in [0.4, 0.5) is 4.79 Å². The molecule has 6 atom stereocenters. The molecule has 4 aliphatic rings. The highest BCUT2D eigenvalue weighted by molar-refractivity contribution is 7.87. The summed E-state index contributed by atoms with van der Waals surface area (Å²) in [7, 11) is -3.69. The Morgan fingerprint density at radius 2 is 1.53 bits per heavy atom. The second-order valence-corrected chi connectivity index (χ2v) is 19.5. The van der Waals surface area contributed by atoms with Crippen LogP contribution >= 0.6 is 0 Å². The van der Waals surface area contributed by atoms with Gasteiger partial charge in [-0.2, -0.15) is 17.0 Å². The summed E-state index contributed by atoms with van der Waals surface area (Å²) in [5, 5.41) is 8.61. The molecule has 5 N–H and O–H groups in total. The number of Topliss-reactive ketones (excluding diaryl/α,β-unsaturated/α-hetero) is 1. The zero-order chi connectivity index (χ0) is 37.0. The first-order valence-corrected chi connectivity index (χ1v) is 19.1. The molecule has 0 aromatic rings. The maximum absolute atomic E-state index is 14.4. The minimum Gasteiger partial charge on any atom is -0.363 e. The molecule has 0 aromatic heterocycles. The van der Waals surface area contributed by atoms with Crippen LogP contribution in [-0.2, 0) is 29.4 Å². The van der Waals surface area contributed by atoms with Crippen molar-refractivity contribution < 1.29 is 32.4 Å². The minimum absolute atomic E-state index is 0.0525. The summed E-state index contributed by atoms with van der Waals surface area (Å²) in [6.45, 7) is 20.0. The van der Waals surface area contributed by atoms with Gasteiger partial charge in [-0.05, 0) is 54.3 Å². The molecule has 49 heavy (non-hydrogen) atoms. The third kappa shape index (κ3) is 8.08. The lowest BCUT2D eigenvalue weighted by Gasteiger charge is -2.39. The van der Waals surface area contributed by atoms with Gasteiger partial charge in [0.25, 0.3) is 16.1 Å². The van der Waals surface area contributed by atoms with E-state index < -0.39 is 74.7 Å². The van der Waals surface area contributed by atoms with Gasteiger partial charge in [0.1, 0.15) is 12.1 Å². The number of likely N-dealkylation sites (tertiary alicyclic amines) is 1. The summed E-state index contributed by atoms with van der Waals surface area (Å²) in [6.07, 6.45) is 3.16. The molecule has 0 aromatic carbocycles. The van der Waals surface area contributed by atoms with Crippen LogP contribution in [0.2, 0.25) is 0 Å². The predicted molar refractivity (Wildman–Crippen MR) is 185 cm³/mol. The number of hydrogen-bond acceptors (Lipinski definition) is 7. The van der Waals surface area contributed by atoms with Gasteiger partial charge in [0, 0.05) is 38.3 Å². The van der Waals surface area contributed by atoms with E-state index in [1.54, 1.807) is 0 Å². The first kappa shape index (κ1) is 39.0. The van der Waals surface area contributed by atoms with E-state index in [4.69, 9.17) is 5.73 Å². The van der Waals surface area contributed by atoms with Gasteiger partial charge < -0.3 is 26.6 Å². The average molecular weight is 710 g/mol. The van der Waals surface area contributed by atoms with E-state index in [0.717, 1.165) is 19.3 Å². The molecule has 14 nitrogen and oxygen atoms in total. The summed E-state index contributed by atoms with van der Waals surface area (Å²) < 4.78 is 29.2. The lowest BCUT2D eigenvalue weighted by Crippen LogP contribution is -2.62. The van der Waals surface area contributed by atoms with Crippen molar-refractivity contribution in [2.24, 2.45) is 39.7 Å². The highest BCUT2D eigenvalue weighted by Crippen LogP contribution is 2.65. The van der Waals surface area contributed by atoms with Crippen molar-refractivity contribution in [3.8, 4) is 0 Å². The van der Waals surface area contributed by atoms with Crippen LogP contribution in [0.15, 0.2) is 0 Å². The van der Waals surface area contributed by atoms with Crippen molar-refractivity contribution in [1.82, 2.24) is 29.5 Å². The molecule has 2 heterocycles. The molecule has 0 radical (unpaired) electrons. The Bertz CT molecular complexity index is 1430. The Morgan fingerprint density at radius 3 is 2.00 bits per heavy atom. The van der Waals surface area contributed by atoms with Gasteiger partial charge >= 0.3 is 6.03 Å². The van der Waals surface area contributed by atoms with Crippen molar-refractivity contribution >= 4 is 39.7 Å². The van der Waals surface area contributed by atoms with Crippen LogP contribution < -0.4 is 21.7 Å². The Hall–Kier alpha value is -2.78. The molecule has 1 unspecified atom stereocenters. The van der Waals surface area contributed by atoms with E-state index in [-0.39, 0.29) is 35.8 Å². The number of urea groups is 1. The van der Waals surface area contributed by atoms with E-state index in [2.05, 4.69) is 16.0 Å². The normalized spacial score (nSPS) is 27.1. The number of piperidine rings is 1. The molecule has 2 aliphatic carbocycles. The fourth-order valence-corrected chi connectivity index (χ4v) is 9.51. The van der Waals surface area contributed by atoms with Gasteiger partial charge in [0.2, 0.25) is 17.6 Å². The molecule has 0 bridgehead atoms. The second-order valence-electron chi connectivity index (χ2n) is 17.6. The molecule has 278 valence electrons. The lowest BCUT2D eigenvalue weighted by molar-refractivity contribution is -0.145. The van der Waals surface area contributed by atoms with Gasteiger partial charge in [0.05, 0.1) is 6.04 Å². The zero-order valence-corrected chi connectivity index (χ0v) is 31.8. The van der Waals surface area contributed by atoms with Gasteiger partial charge in [-0.3, -0.25) is 19.2 Å². The number of carbonyl (C=O) groups is 5. The largest absolute Gasteiger partial charge is 0.363 e. The Balaban J connectivity index is 1.52. The minimum atomic E-state index is -3.69. The van der Waals surface area contributed by atoms with E-state index in [0.29, 0.717) is 26.1 Å². The van der Waals surface area contributed by atoms with Crippen LogP contribution in [0.1, 0.15) is 94.9 Å². The molecule has 4 rings (SSSR count). The van der Waals surface area contributed by atoms with Gasteiger partial charge in [-0.25, -0.2) is 4.79 Å². The van der Waals surface area contributed by atoms with Crippen LogP contribution in [0.3, 0.4) is 0 Å². The third-order valence-corrected chi connectivity index (χ3v) is 13.5. The van der Waals surface area contributed by atoms with E-state index >= 15 is 0 Å². The summed E-state index contributed by atoms with van der Waals surface area (Å²) in [6, 6.07) is -4.38. The summed E-state index contributed by atoms with van der Waals surface area (Å²) in [5.41, 5.74) is 3.84. The number of hydrogen-bond donors (Lipinski definition) is 4. The number of ketones is 1. The van der Waals surface area contributed by atoms with Crippen LogP contribution in [0.25, 0.3) is 0 Å². The molecule has 2 saturated carbocycles. The molecule has 2 saturated heterocycles. The van der Waals surface area contributed by atoms with E-state index in [9.17, 15) is 32.4 Å². The lowest BCUT2D eigenvalue weighted by atomic mass is 9.80. The van der Waals surface area contributed by atoms with Crippen molar-refractivity contribution in [2.45, 2.75) is 125 Å². The standard InChI is InChI=1S/C34H59N7O7S/c1-19(2)41-15-14-39(49(41,47)48)18-23(32(3,4)5)37-31(46)38-27(33(6,7)8)30(45)40-17-21-24(34(21,9)10)25(40)29(44)36-22(26(42)28(35)43)16-20-12-11-13-20/h19-25,27H,11-18H2,1-10H3,(H2,35,43)(H,36,44)(H2,37,38,46)/t21-,22?,23+,24-,25-,27+/m0/s1. The second kappa shape index (κ2) is 13.7. The van der Waals surface area contributed by atoms with Crippen LogP contribution in [0, 0.1) is 34.0 Å². The Morgan fingerprint density at radius 1 is 0.918 bits per heavy atom. The van der Waals surface area contributed by atoms with Crippen molar-refractivity contribution in [3.05, 3.63) is 0 Å². The maximum Gasteiger partial charge on any atom is 0.315 e. The fraction of sp³-hybridized carbons (Fsp3) is 0.853. The Labute approximate surface area is 292 Å². The van der Waals surface area contributed by atoms with Crippen LogP contribution in [-0.4, -0.2) is 108 Å². The first-order chi connectivity index (χ1) is 22.4. The van der Waals surface area contributed by atoms with Crippen molar-refractivity contribution in [1.29, 1.82) is 0 Å². The molecule has 5 amide bonds. The van der Waals surface area contributed by atoms with Crippen molar-refractivity contribution in [2.75, 3.05) is 26.2 Å². The van der Waals surface area contributed by atoms with E-state index in [1.807, 2.05) is 69.2 Å². The number of nitrogens with zero attached hydrogens (tertiary/aromatic N) is 3. The number of rotatable bonds is 12. The maximum atomic E-state index is 14.4. The third-order valence-electron chi connectivity index (χ3n) is 11.3. The van der Waals surface area contributed by atoms with E-state index in [1.165, 1.54) is 13.5 Å². The molecule has 2 aliphatic heterocycles. The van der Waals surface area contributed by atoms with Gasteiger partial charge in [-0.1, -0.05) is 74.7 Å². The van der Waals surface area contributed by atoms with Crippen LogP contribution in [0.5, 0.6) is 0 Å². The smallest absolute Gasteiger partial charge is 0.315 e. The monoisotopic (exact) mass is 709 g/mol. The fourth-order valence-electron chi connectivity index (χ4n) is 7.72. The zero-order valence-electron chi connectivity index (χ0n) is 31.0. The number of fused-ring (bicyclic) bond motifs is 1.